The molecule has 1 aromatic heterocycles. The second-order valence-electron chi connectivity index (χ2n) is 9.54. The summed E-state index contributed by atoms with van der Waals surface area (Å²) in [5.74, 6) is 0.144. The van der Waals surface area contributed by atoms with Crippen LogP contribution >= 0.6 is 0 Å². The van der Waals surface area contributed by atoms with Gasteiger partial charge >= 0.3 is 5.97 Å². The van der Waals surface area contributed by atoms with E-state index in [1.807, 2.05) is 37.9 Å². The van der Waals surface area contributed by atoms with Crippen molar-refractivity contribution in [1.29, 1.82) is 0 Å². The zero-order valence-corrected chi connectivity index (χ0v) is 20.8. The van der Waals surface area contributed by atoms with Gasteiger partial charge < -0.3 is 20.3 Å². The molecule has 184 valence electrons. The molecule has 0 atom stereocenters. The van der Waals surface area contributed by atoms with Crippen molar-refractivity contribution in [2.24, 2.45) is 0 Å². The highest BCUT2D eigenvalue weighted by molar-refractivity contribution is 5.98. The smallest absolute Gasteiger partial charge is 0.335 e. The number of carboxylic acid groups (broad SMARTS) is 1. The van der Waals surface area contributed by atoms with Gasteiger partial charge in [0, 0.05) is 37.0 Å². The summed E-state index contributed by atoms with van der Waals surface area (Å²) in [6.07, 6.45) is 1.88. The van der Waals surface area contributed by atoms with Crippen molar-refractivity contribution in [3.63, 3.8) is 0 Å². The summed E-state index contributed by atoms with van der Waals surface area (Å²) in [5.41, 5.74) is 7.43. The molecule has 4 aromatic rings. The van der Waals surface area contributed by atoms with Gasteiger partial charge in [-0.25, -0.2) is 9.78 Å². The van der Waals surface area contributed by atoms with Crippen molar-refractivity contribution in [2.45, 2.75) is 32.6 Å². The Morgan fingerprint density at radius 3 is 2.39 bits per heavy atom. The average molecular weight is 483 g/mol. The molecule has 0 saturated carbocycles. The molecule has 0 unspecified atom stereocenters. The lowest BCUT2D eigenvalue weighted by Crippen LogP contribution is -2.38. The van der Waals surface area contributed by atoms with Crippen molar-refractivity contribution >= 4 is 28.6 Å². The number of fused-ring (bicyclic) bond motifs is 1. The lowest BCUT2D eigenvalue weighted by Gasteiger charge is -2.33. The fourth-order valence-corrected chi connectivity index (χ4v) is 5.11. The van der Waals surface area contributed by atoms with Gasteiger partial charge in [-0.1, -0.05) is 18.2 Å². The first-order chi connectivity index (χ1) is 17.3. The van der Waals surface area contributed by atoms with Crippen LogP contribution in [-0.4, -0.2) is 52.0 Å². The first-order valence-electron chi connectivity index (χ1n) is 12.3. The summed E-state index contributed by atoms with van der Waals surface area (Å²) < 4.78 is 0. The second kappa shape index (κ2) is 9.49. The molecular formula is C29H30N4O3. The van der Waals surface area contributed by atoms with Crippen molar-refractivity contribution in [1.82, 2.24) is 14.9 Å². The minimum absolute atomic E-state index is 0.0435. The number of benzene rings is 3. The maximum Gasteiger partial charge on any atom is 0.335 e. The van der Waals surface area contributed by atoms with Crippen LogP contribution in [0, 0.1) is 13.8 Å². The molecule has 7 nitrogen and oxygen atoms in total. The van der Waals surface area contributed by atoms with Gasteiger partial charge in [0.25, 0.3) is 5.91 Å². The topological polar surface area (TPSA) is 98.3 Å². The van der Waals surface area contributed by atoms with Crippen LogP contribution in [-0.2, 0) is 0 Å². The number of carbonyl (C=O) groups is 2. The normalized spacial score (nSPS) is 14.2. The van der Waals surface area contributed by atoms with E-state index in [0.29, 0.717) is 22.8 Å². The number of amides is 1. The van der Waals surface area contributed by atoms with Crippen LogP contribution in [0.5, 0.6) is 0 Å². The third kappa shape index (κ3) is 4.44. The number of likely N-dealkylation sites (tertiary alicyclic amines) is 1. The molecule has 2 heterocycles. The number of anilines is 1. The van der Waals surface area contributed by atoms with Crippen LogP contribution in [0.3, 0.4) is 0 Å². The van der Waals surface area contributed by atoms with E-state index in [-0.39, 0.29) is 11.5 Å². The number of aromatic carboxylic acids is 1. The Labute approximate surface area is 210 Å². The van der Waals surface area contributed by atoms with Crippen molar-refractivity contribution < 1.29 is 14.7 Å². The fourth-order valence-electron chi connectivity index (χ4n) is 5.11. The number of hydrogen-bond donors (Lipinski definition) is 3. The summed E-state index contributed by atoms with van der Waals surface area (Å²) in [6.45, 7) is 5.42. The van der Waals surface area contributed by atoms with E-state index >= 15 is 0 Å². The summed E-state index contributed by atoms with van der Waals surface area (Å²) in [6, 6.07) is 17.3. The minimum Gasteiger partial charge on any atom is -0.478 e. The minimum atomic E-state index is -0.986. The Hall–Kier alpha value is -4.13. The van der Waals surface area contributed by atoms with Crippen LogP contribution in [0.15, 0.2) is 54.6 Å². The van der Waals surface area contributed by atoms with Gasteiger partial charge in [0.1, 0.15) is 5.82 Å². The number of rotatable bonds is 5. The van der Waals surface area contributed by atoms with Crippen LogP contribution in [0.2, 0.25) is 0 Å². The molecule has 7 heteroatoms. The molecule has 0 spiro atoms. The van der Waals surface area contributed by atoms with Gasteiger partial charge in [0.15, 0.2) is 0 Å². The number of aromatic amines is 1. The standard InChI is InChI=1S/C29H30N4O3/c1-17-14-18(2)24(16-23(17)27-31-25-9-6-21(29(35)36)15-26(25)32-27)28(34)33-12-10-20(11-13-33)19-4-7-22(30-3)8-5-19/h4-9,14-16,20,30H,10-13H2,1-3H3,(H,31,32)(H,35,36). The molecule has 1 saturated heterocycles. The predicted octanol–water partition coefficient (Wildman–Crippen LogP) is 5.61. The van der Waals surface area contributed by atoms with Gasteiger partial charge in [-0.05, 0) is 85.7 Å². The molecule has 5 rings (SSSR count). The number of piperidine rings is 1. The molecule has 1 fully saturated rings. The molecule has 3 N–H and O–H groups in total. The predicted molar refractivity (Wildman–Crippen MR) is 142 cm³/mol. The van der Waals surface area contributed by atoms with Gasteiger partial charge in [0.05, 0.1) is 16.6 Å². The molecule has 1 amide bonds. The largest absolute Gasteiger partial charge is 0.478 e. The molecule has 1 aliphatic rings. The molecule has 3 aromatic carbocycles. The highest BCUT2D eigenvalue weighted by Crippen LogP contribution is 2.31. The molecule has 0 aliphatic carbocycles. The van der Waals surface area contributed by atoms with Crippen molar-refractivity contribution in [2.75, 3.05) is 25.5 Å². The average Bonchev–Trinajstić information content (AvgIpc) is 3.31. The Morgan fingerprint density at radius 2 is 1.72 bits per heavy atom. The molecule has 0 bridgehead atoms. The van der Waals surface area contributed by atoms with E-state index in [0.717, 1.165) is 53.8 Å². The molecule has 36 heavy (non-hydrogen) atoms. The number of nitrogens with zero attached hydrogens (tertiary/aromatic N) is 2. The molecule has 1 aliphatic heterocycles. The van der Waals surface area contributed by atoms with E-state index in [1.165, 1.54) is 5.56 Å². The van der Waals surface area contributed by atoms with Gasteiger partial charge in [0.2, 0.25) is 0 Å². The number of H-pyrrole nitrogens is 1. The maximum absolute atomic E-state index is 13.6. The second-order valence-corrected chi connectivity index (χ2v) is 9.54. The quantitative estimate of drug-likeness (QED) is 0.344. The summed E-state index contributed by atoms with van der Waals surface area (Å²) in [4.78, 5) is 34.8. The highest BCUT2D eigenvalue weighted by atomic mass is 16.4. The molecule has 0 radical (unpaired) electrons. The van der Waals surface area contributed by atoms with E-state index in [1.54, 1.807) is 18.2 Å². The summed E-state index contributed by atoms with van der Waals surface area (Å²) in [5, 5.41) is 12.4. The number of carbonyl (C=O) groups excluding carboxylic acids is 1. The number of imidazole rings is 1. The number of hydrogen-bond acceptors (Lipinski definition) is 4. The SMILES string of the molecule is CNc1ccc(C2CCN(C(=O)c3cc(-c4nc5cc(C(=O)O)ccc5[nH]4)c(C)cc3C)CC2)cc1. The Morgan fingerprint density at radius 1 is 1.00 bits per heavy atom. The van der Waals surface area contributed by atoms with E-state index in [2.05, 4.69) is 39.6 Å². The summed E-state index contributed by atoms with van der Waals surface area (Å²) in [7, 11) is 1.92. The maximum atomic E-state index is 13.6. The zero-order chi connectivity index (χ0) is 25.4. The zero-order valence-electron chi connectivity index (χ0n) is 20.8. The van der Waals surface area contributed by atoms with E-state index < -0.39 is 5.97 Å². The summed E-state index contributed by atoms with van der Waals surface area (Å²) >= 11 is 0. The Kier molecular flexibility index (Phi) is 6.22. The Bertz CT molecular complexity index is 1450. The highest BCUT2D eigenvalue weighted by Gasteiger charge is 2.26. The fraction of sp³-hybridized carbons (Fsp3) is 0.276. The van der Waals surface area contributed by atoms with Crippen molar-refractivity contribution in [3.05, 3.63) is 82.4 Å². The third-order valence-electron chi connectivity index (χ3n) is 7.24. The van der Waals surface area contributed by atoms with Gasteiger partial charge in [-0.15, -0.1) is 0 Å². The lowest BCUT2D eigenvalue weighted by atomic mass is 9.89. The number of aryl methyl sites for hydroxylation is 2. The first-order valence-corrected chi connectivity index (χ1v) is 12.3. The Balaban J connectivity index is 1.37. The number of aromatic nitrogens is 2. The first kappa shape index (κ1) is 23.6. The van der Waals surface area contributed by atoms with E-state index in [9.17, 15) is 14.7 Å². The van der Waals surface area contributed by atoms with Crippen LogP contribution in [0.4, 0.5) is 5.69 Å². The molecular weight excluding hydrogens is 452 g/mol. The lowest BCUT2D eigenvalue weighted by molar-refractivity contribution is 0.0693. The monoisotopic (exact) mass is 482 g/mol. The van der Waals surface area contributed by atoms with Gasteiger partial charge in [-0.2, -0.15) is 0 Å². The van der Waals surface area contributed by atoms with Crippen molar-refractivity contribution in [3.8, 4) is 11.4 Å². The number of carboxylic acids is 1. The van der Waals surface area contributed by atoms with Crippen LogP contribution in [0.1, 0.15) is 56.2 Å². The van der Waals surface area contributed by atoms with Crippen LogP contribution in [0.25, 0.3) is 22.4 Å². The van der Waals surface area contributed by atoms with E-state index in [4.69, 9.17) is 0 Å². The third-order valence-corrected chi connectivity index (χ3v) is 7.24. The number of nitrogens with one attached hydrogen (secondary N) is 2. The van der Waals surface area contributed by atoms with Crippen LogP contribution < -0.4 is 5.32 Å². The van der Waals surface area contributed by atoms with Gasteiger partial charge in [-0.3, -0.25) is 4.79 Å².